The number of carbonyl (C=O) groups is 1. The molecule has 1 aromatic heterocycles. The Morgan fingerprint density at radius 3 is 2.68 bits per heavy atom. The zero-order valence-corrected chi connectivity index (χ0v) is 18.0. The van der Waals surface area contributed by atoms with E-state index in [2.05, 4.69) is 49.8 Å². The van der Waals surface area contributed by atoms with Gasteiger partial charge in [-0.1, -0.05) is 24.3 Å². The zero-order chi connectivity index (χ0) is 21.8. The molecule has 1 aromatic carbocycles. The van der Waals surface area contributed by atoms with Crippen LogP contribution in [0.1, 0.15) is 31.0 Å². The molecule has 9 heteroatoms. The van der Waals surface area contributed by atoms with Crippen LogP contribution < -0.4 is 15.5 Å². The molecule has 166 valence electrons. The lowest BCUT2D eigenvalue weighted by Gasteiger charge is -2.27. The number of hydrogen-bond donors (Lipinski definition) is 3. The van der Waals surface area contributed by atoms with Gasteiger partial charge in [0.25, 0.3) is 0 Å². The molecule has 9 nitrogen and oxygen atoms in total. The van der Waals surface area contributed by atoms with Gasteiger partial charge in [-0.3, -0.25) is 9.80 Å². The molecule has 0 radical (unpaired) electrons. The largest absolute Gasteiger partial charge is 0.447 e. The molecule has 1 amide bonds. The summed E-state index contributed by atoms with van der Waals surface area (Å²) in [6.07, 6.45) is 0.360. The van der Waals surface area contributed by atoms with Crippen molar-refractivity contribution < 1.29 is 14.6 Å². The molecule has 0 aliphatic carbocycles. The van der Waals surface area contributed by atoms with Crippen molar-refractivity contribution in [3.05, 3.63) is 47.7 Å². The highest BCUT2D eigenvalue weighted by molar-refractivity contribution is 5.89. The summed E-state index contributed by atoms with van der Waals surface area (Å²) in [5.41, 5.74) is 2.42. The fraction of sp³-hybridized carbons (Fsp3) is 0.500. The number of piperazine rings is 1. The maximum Gasteiger partial charge on any atom is 0.416 e. The fourth-order valence-corrected chi connectivity index (χ4v) is 3.92. The third-order valence-electron chi connectivity index (χ3n) is 5.79. The van der Waals surface area contributed by atoms with Crippen molar-refractivity contribution >= 4 is 17.9 Å². The first-order valence-electron chi connectivity index (χ1n) is 10.8. The van der Waals surface area contributed by atoms with Crippen LogP contribution in [-0.4, -0.2) is 71.0 Å². The van der Waals surface area contributed by atoms with Gasteiger partial charge in [0.05, 0.1) is 12.1 Å². The second-order valence-corrected chi connectivity index (χ2v) is 8.13. The SMILES string of the molecule is CC(Nc1nccc(N2C(=O)OC[C@@H]2C(C)O)n1)c1ccc(CN2CCNCC2)cc1. The zero-order valence-electron chi connectivity index (χ0n) is 18.0. The summed E-state index contributed by atoms with van der Waals surface area (Å²) in [4.78, 5) is 24.7. The Morgan fingerprint density at radius 2 is 1.97 bits per heavy atom. The third-order valence-corrected chi connectivity index (χ3v) is 5.79. The molecule has 0 saturated carbocycles. The Balaban J connectivity index is 1.41. The summed E-state index contributed by atoms with van der Waals surface area (Å²) in [7, 11) is 0. The Hall–Kier alpha value is -2.75. The highest BCUT2D eigenvalue weighted by Gasteiger charge is 2.38. The predicted octanol–water partition coefficient (Wildman–Crippen LogP) is 1.76. The first-order valence-corrected chi connectivity index (χ1v) is 10.8. The quantitative estimate of drug-likeness (QED) is 0.616. The van der Waals surface area contributed by atoms with Gasteiger partial charge in [0.2, 0.25) is 5.95 Å². The maximum atomic E-state index is 12.1. The van der Waals surface area contributed by atoms with Gasteiger partial charge in [0, 0.05) is 38.9 Å². The van der Waals surface area contributed by atoms with E-state index in [0.717, 1.165) is 38.3 Å². The number of ether oxygens (including phenoxy) is 1. The second kappa shape index (κ2) is 9.59. The van der Waals surface area contributed by atoms with Crippen LogP contribution in [0.15, 0.2) is 36.5 Å². The number of nitrogens with zero attached hydrogens (tertiary/aromatic N) is 4. The van der Waals surface area contributed by atoms with E-state index in [1.165, 1.54) is 10.5 Å². The molecule has 2 aliphatic heterocycles. The van der Waals surface area contributed by atoms with E-state index in [1.54, 1.807) is 19.2 Å². The predicted molar refractivity (Wildman–Crippen MR) is 118 cm³/mol. The van der Waals surface area contributed by atoms with Crippen molar-refractivity contribution in [3.8, 4) is 0 Å². The molecule has 3 N–H and O–H groups in total. The summed E-state index contributed by atoms with van der Waals surface area (Å²) < 4.78 is 5.09. The lowest BCUT2D eigenvalue weighted by atomic mass is 10.1. The average Bonchev–Trinajstić information content (AvgIpc) is 3.17. The molecule has 0 bridgehead atoms. The van der Waals surface area contributed by atoms with Gasteiger partial charge in [-0.25, -0.2) is 9.78 Å². The summed E-state index contributed by atoms with van der Waals surface area (Å²) >= 11 is 0. The maximum absolute atomic E-state index is 12.1. The molecule has 2 saturated heterocycles. The molecule has 31 heavy (non-hydrogen) atoms. The highest BCUT2D eigenvalue weighted by atomic mass is 16.6. The van der Waals surface area contributed by atoms with Crippen molar-refractivity contribution in [2.24, 2.45) is 0 Å². The van der Waals surface area contributed by atoms with Gasteiger partial charge in [-0.2, -0.15) is 4.98 Å². The van der Waals surface area contributed by atoms with Gasteiger partial charge in [0.15, 0.2) is 0 Å². The number of aromatic nitrogens is 2. The summed E-state index contributed by atoms with van der Waals surface area (Å²) in [5, 5.41) is 16.6. The van der Waals surface area contributed by atoms with Gasteiger partial charge >= 0.3 is 6.09 Å². The first kappa shape index (κ1) is 21.5. The molecular weight excluding hydrogens is 396 g/mol. The molecule has 0 spiro atoms. The molecule has 2 fully saturated rings. The fourth-order valence-electron chi connectivity index (χ4n) is 3.92. The average molecular weight is 427 g/mol. The molecule has 3 heterocycles. The van der Waals surface area contributed by atoms with Gasteiger partial charge in [0.1, 0.15) is 18.5 Å². The smallest absolute Gasteiger partial charge is 0.416 e. The van der Waals surface area contributed by atoms with E-state index < -0.39 is 18.2 Å². The van der Waals surface area contributed by atoms with Crippen LogP contribution >= 0.6 is 0 Å². The van der Waals surface area contributed by atoms with Gasteiger partial charge in [-0.15, -0.1) is 0 Å². The van der Waals surface area contributed by atoms with Crippen LogP contribution in [0, 0.1) is 0 Å². The second-order valence-electron chi connectivity index (χ2n) is 8.13. The van der Waals surface area contributed by atoms with Crippen LogP contribution in [0.4, 0.5) is 16.6 Å². The Bertz CT molecular complexity index is 885. The number of nitrogens with one attached hydrogen (secondary N) is 2. The minimum atomic E-state index is -0.725. The van der Waals surface area contributed by atoms with Crippen molar-refractivity contribution in [1.82, 2.24) is 20.2 Å². The summed E-state index contributed by atoms with van der Waals surface area (Å²) in [6.45, 7) is 9.03. The molecule has 2 aromatic rings. The van der Waals surface area contributed by atoms with E-state index >= 15 is 0 Å². The van der Waals surface area contributed by atoms with Crippen LogP contribution in [-0.2, 0) is 11.3 Å². The topological polar surface area (TPSA) is 103 Å². The van der Waals surface area contributed by atoms with Gasteiger partial charge < -0.3 is 20.5 Å². The van der Waals surface area contributed by atoms with E-state index in [1.807, 2.05) is 6.92 Å². The molecule has 2 unspecified atom stereocenters. The lowest BCUT2D eigenvalue weighted by Crippen LogP contribution is -2.42. The number of hydrogen-bond acceptors (Lipinski definition) is 8. The highest BCUT2D eigenvalue weighted by Crippen LogP contribution is 2.25. The van der Waals surface area contributed by atoms with Crippen LogP contribution in [0.5, 0.6) is 0 Å². The minimum Gasteiger partial charge on any atom is -0.447 e. The minimum absolute atomic E-state index is 0.0124. The molecule has 3 atom stereocenters. The van der Waals surface area contributed by atoms with E-state index in [-0.39, 0.29) is 12.6 Å². The molecular formula is C22H30N6O3. The number of carbonyl (C=O) groups excluding carboxylic acids is 1. The van der Waals surface area contributed by atoms with Crippen LogP contribution in [0.25, 0.3) is 0 Å². The van der Waals surface area contributed by atoms with E-state index in [9.17, 15) is 9.90 Å². The summed E-state index contributed by atoms with van der Waals surface area (Å²) in [5.74, 6) is 0.823. The Labute approximate surface area is 182 Å². The number of rotatable bonds is 7. The number of anilines is 2. The molecule has 2 aliphatic rings. The van der Waals surface area contributed by atoms with Crippen molar-refractivity contribution in [2.75, 3.05) is 43.0 Å². The Morgan fingerprint density at radius 1 is 1.23 bits per heavy atom. The number of amides is 1. The van der Waals surface area contributed by atoms with Crippen LogP contribution in [0.3, 0.4) is 0 Å². The van der Waals surface area contributed by atoms with Crippen molar-refractivity contribution in [2.45, 2.75) is 38.6 Å². The monoisotopic (exact) mass is 426 g/mol. The number of benzene rings is 1. The first-order chi connectivity index (χ1) is 15.0. The normalized spacial score (nSPS) is 21.6. The van der Waals surface area contributed by atoms with Gasteiger partial charge in [-0.05, 0) is 31.0 Å². The lowest BCUT2D eigenvalue weighted by molar-refractivity contribution is 0.142. The molecule has 4 rings (SSSR count). The Kier molecular flexibility index (Phi) is 6.64. The standard InChI is InChI=1S/C22H30N6O3/c1-15(18-5-3-17(4-6-18)13-27-11-9-23-10-12-27)25-21-24-8-7-20(26-21)28-19(16(2)29)14-31-22(28)30/h3-8,15-16,19,23,29H,9-14H2,1-2H3,(H,24,25,26)/t15?,16?,19-/m1/s1. The van der Waals surface area contributed by atoms with E-state index in [0.29, 0.717) is 11.8 Å². The van der Waals surface area contributed by atoms with E-state index in [4.69, 9.17) is 4.74 Å². The van der Waals surface area contributed by atoms with Crippen LogP contribution in [0.2, 0.25) is 0 Å². The third kappa shape index (κ3) is 5.12. The van der Waals surface area contributed by atoms with Crippen molar-refractivity contribution in [3.63, 3.8) is 0 Å². The van der Waals surface area contributed by atoms with Crippen molar-refractivity contribution in [1.29, 1.82) is 0 Å². The number of aliphatic hydroxyl groups excluding tert-OH is 1. The summed E-state index contributed by atoms with van der Waals surface area (Å²) in [6, 6.07) is 9.75. The number of aliphatic hydroxyl groups is 1. The number of cyclic esters (lactones) is 1.